The van der Waals surface area contributed by atoms with Crippen molar-refractivity contribution >= 4 is 24.2 Å². The summed E-state index contributed by atoms with van der Waals surface area (Å²) in [4.78, 5) is 0. The van der Waals surface area contributed by atoms with Gasteiger partial charge in [0.2, 0.25) is 0 Å². The van der Waals surface area contributed by atoms with E-state index in [0.29, 0.717) is 0 Å². The topological polar surface area (TPSA) is 27.7 Å². The minimum atomic E-state index is -5.03. The lowest BCUT2D eigenvalue weighted by atomic mass is 9.79. The smallest absolute Gasteiger partial charge is 0.401 e. The highest BCUT2D eigenvalue weighted by atomic mass is 35.5. The fourth-order valence-electron chi connectivity index (χ4n) is 1.91. The number of ether oxygens (including phenoxy) is 1. The van der Waals surface area contributed by atoms with E-state index in [9.17, 15) is 17.6 Å². The molecule has 0 bridgehead atoms. The van der Waals surface area contributed by atoms with Crippen LogP contribution in [0.25, 0.3) is 0 Å². The zero-order chi connectivity index (χ0) is 16.9. The van der Waals surface area contributed by atoms with Crippen molar-refractivity contribution in [2.45, 2.75) is 45.3 Å². The van der Waals surface area contributed by atoms with E-state index in [1.807, 2.05) is 0 Å². The lowest BCUT2D eigenvalue weighted by molar-refractivity contribution is -0.275. The minimum Gasteiger partial charge on any atom is -0.401 e. The van der Waals surface area contributed by atoms with Crippen molar-refractivity contribution in [3.63, 3.8) is 0 Å². The van der Waals surface area contributed by atoms with Gasteiger partial charge in [0.05, 0.1) is 16.2 Å². The van der Waals surface area contributed by atoms with E-state index >= 15 is 0 Å². The summed E-state index contributed by atoms with van der Waals surface area (Å²) in [5.41, 5.74) is -1.15. The van der Waals surface area contributed by atoms with Gasteiger partial charge in [0.25, 0.3) is 0 Å². The molecule has 0 aliphatic carbocycles. The average molecular weight is 341 g/mol. The molecular formula is C13H14BClF4O3. The minimum absolute atomic E-state index is 0.177. The molecular weight excluding hydrogens is 326 g/mol. The molecule has 2 rings (SSSR count). The van der Waals surface area contributed by atoms with Gasteiger partial charge in [0.1, 0.15) is 0 Å². The predicted octanol–water partition coefficient (Wildman–Crippen LogP) is 3.68. The first-order valence-corrected chi connectivity index (χ1v) is 6.80. The quantitative estimate of drug-likeness (QED) is 0.607. The third-order valence-corrected chi connectivity index (χ3v) is 4.04. The Bertz CT molecular complexity index is 550. The van der Waals surface area contributed by atoms with Gasteiger partial charge in [-0.25, -0.2) is 4.39 Å². The zero-order valence-corrected chi connectivity index (χ0v) is 13.1. The van der Waals surface area contributed by atoms with Crippen LogP contribution in [0.4, 0.5) is 17.6 Å². The summed E-state index contributed by atoms with van der Waals surface area (Å²) in [5, 5.41) is -0.512. The van der Waals surface area contributed by atoms with Crippen LogP contribution in [0.1, 0.15) is 27.7 Å². The average Bonchev–Trinajstić information content (AvgIpc) is 2.52. The van der Waals surface area contributed by atoms with Crippen molar-refractivity contribution in [2.75, 3.05) is 0 Å². The van der Waals surface area contributed by atoms with Gasteiger partial charge in [0, 0.05) is 0 Å². The fourth-order valence-corrected chi connectivity index (χ4v) is 2.16. The molecule has 1 aliphatic rings. The normalized spacial score (nSPS) is 20.3. The van der Waals surface area contributed by atoms with Crippen molar-refractivity contribution in [3.05, 3.63) is 23.0 Å². The van der Waals surface area contributed by atoms with E-state index in [0.717, 1.165) is 12.1 Å². The van der Waals surface area contributed by atoms with Crippen LogP contribution in [-0.4, -0.2) is 24.7 Å². The Hall–Kier alpha value is -0.985. The molecule has 1 heterocycles. The monoisotopic (exact) mass is 340 g/mol. The van der Waals surface area contributed by atoms with E-state index in [-0.39, 0.29) is 5.46 Å². The second kappa shape index (κ2) is 5.28. The highest BCUT2D eigenvalue weighted by Crippen LogP contribution is 2.38. The number of alkyl halides is 3. The van der Waals surface area contributed by atoms with Gasteiger partial charge in [-0.05, 0) is 45.3 Å². The first-order valence-electron chi connectivity index (χ1n) is 6.43. The number of benzene rings is 1. The number of halogens is 5. The lowest BCUT2D eigenvalue weighted by Crippen LogP contribution is -2.41. The third-order valence-electron chi connectivity index (χ3n) is 3.76. The first kappa shape index (κ1) is 17.4. The van der Waals surface area contributed by atoms with E-state index in [4.69, 9.17) is 20.9 Å². The second-order valence-electron chi connectivity index (χ2n) is 5.95. The van der Waals surface area contributed by atoms with Crippen molar-refractivity contribution in [1.82, 2.24) is 0 Å². The summed E-state index contributed by atoms with van der Waals surface area (Å²) in [6, 6.07) is 1.99. The van der Waals surface area contributed by atoms with Crippen LogP contribution in [-0.2, 0) is 9.31 Å². The Labute approximate surface area is 130 Å². The maximum absolute atomic E-state index is 13.9. The third kappa shape index (κ3) is 3.34. The molecule has 22 heavy (non-hydrogen) atoms. The number of rotatable bonds is 2. The lowest BCUT2D eigenvalue weighted by Gasteiger charge is -2.32. The van der Waals surface area contributed by atoms with Gasteiger partial charge in [-0.2, -0.15) is 0 Å². The molecule has 1 fully saturated rings. The molecule has 0 N–H and O–H groups in total. The largest absolute Gasteiger partial charge is 0.573 e. The van der Waals surface area contributed by atoms with Crippen molar-refractivity contribution in [1.29, 1.82) is 0 Å². The molecule has 1 saturated heterocycles. The van der Waals surface area contributed by atoms with Crippen LogP contribution in [0, 0.1) is 5.82 Å². The number of hydrogen-bond acceptors (Lipinski definition) is 3. The Morgan fingerprint density at radius 1 is 1.09 bits per heavy atom. The van der Waals surface area contributed by atoms with Crippen LogP contribution in [0.5, 0.6) is 5.75 Å². The Morgan fingerprint density at radius 3 is 2.00 bits per heavy atom. The Kier molecular flexibility index (Phi) is 4.17. The molecule has 0 atom stereocenters. The Morgan fingerprint density at radius 2 is 1.59 bits per heavy atom. The molecule has 1 aromatic rings. The molecule has 1 aliphatic heterocycles. The van der Waals surface area contributed by atoms with Crippen LogP contribution in [0.2, 0.25) is 5.02 Å². The molecule has 0 aromatic heterocycles. The molecule has 0 spiro atoms. The van der Waals surface area contributed by atoms with Crippen LogP contribution in [0.3, 0.4) is 0 Å². The molecule has 0 unspecified atom stereocenters. The van der Waals surface area contributed by atoms with E-state index in [2.05, 4.69) is 4.74 Å². The molecule has 0 radical (unpaired) electrons. The van der Waals surface area contributed by atoms with Gasteiger partial charge in [0.15, 0.2) is 11.6 Å². The standard InChI is InChI=1S/C13H14BClF4O3/c1-11(2)12(3,4)22-14(21-11)7-5-8(15)10(9(16)6-7)20-13(17,18)19/h5-6H,1-4H3. The Balaban J connectivity index is 2.32. The predicted molar refractivity (Wildman–Crippen MR) is 73.8 cm³/mol. The highest BCUT2D eigenvalue weighted by molar-refractivity contribution is 6.62. The molecule has 1 aromatic carbocycles. The first-order chi connectivity index (χ1) is 9.82. The van der Waals surface area contributed by atoms with Gasteiger partial charge in [-0.3, -0.25) is 0 Å². The summed E-state index contributed by atoms with van der Waals surface area (Å²) in [6.45, 7) is 7.19. The zero-order valence-electron chi connectivity index (χ0n) is 12.3. The molecule has 0 amide bonds. The maximum atomic E-state index is 13.9. The summed E-state index contributed by atoms with van der Waals surface area (Å²) >= 11 is 5.69. The van der Waals surface area contributed by atoms with E-state index in [1.165, 1.54) is 0 Å². The van der Waals surface area contributed by atoms with Crippen LogP contribution < -0.4 is 10.2 Å². The van der Waals surface area contributed by atoms with Gasteiger partial charge in [-0.1, -0.05) is 11.6 Å². The van der Waals surface area contributed by atoms with Crippen molar-refractivity contribution in [3.8, 4) is 5.75 Å². The van der Waals surface area contributed by atoms with E-state index < -0.39 is 41.3 Å². The number of hydrogen-bond donors (Lipinski definition) is 0. The molecule has 0 saturated carbocycles. The van der Waals surface area contributed by atoms with Crippen molar-refractivity contribution in [2.24, 2.45) is 0 Å². The molecule has 3 nitrogen and oxygen atoms in total. The summed E-state index contributed by atoms with van der Waals surface area (Å²) in [5.74, 6) is -2.32. The van der Waals surface area contributed by atoms with Gasteiger partial charge < -0.3 is 14.0 Å². The summed E-state index contributed by atoms with van der Waals surface area (Å²) in [7, 11) is -0.933. The van der Waals surface area contributed by atoms with Gasteiger partial charge in [-0.15, -0.1) is 13.2 Å². The summed E-state index contributed by atoms with van der Waals surface area (Å²) in [6.07, 6.45) is -5.03. The highest BCUT2D eigenvalue weighted by Gasteiger charge is 2.52. The maximum Gasteiger partial charge on any atom is 0.573 e. The SMILES string of the molecule is CC1(C)OB(c2cc(F)c(OC(F)(F)F)c(Cl)c2)OC1(C)C. The molecule has 122 valence electrons. The van der Waals surface area contributed by atoms with E-state index in [1.54, 1.807) is 27.7 Å². The van der Waals surface area contributed by atoms with Crippen LogP contribution >= 0.6 is 11.6 Å². The molecule has 9 heteroatoms. The van der Waals surface area contributed by atoms with Crippen LogP contribution in [0.15, 0.2) is 12.1 Å². The van der Waals surface area contributed by atoms with Crippen molar-refractivity contribution < 1.29 is 31.6 Å². The van der Waals surface area contributed by atoms with Gasteiger partial charge >= 0.3 is 13.5 Å². The fraction of sp³-hybridized carbons (Fsp3) is 0.538. The second-order valence-corrected chi connectivity index (χ2v) is 6.36. The summed E-state index contributed by atoms with van der Waals surface area (Å²) < 4.78 is 65.4.